The molecular weight excluding hydrogens is 176 g/mol. The molecular formula is C11H18N2O. The van der Waals surface area contributed by atoms with Crippen LogP contribution in [-0.4, -0.2) is 11.0 Å². The first-order valence-corrected chi connectivity index (χ1v) is 5.38. The Morgan fingerprint density at radius 2 is 2.43 bits per heavy atom. The van der Waals surface area contributed by atoms with E-state index in [-0.39, 0.29) is 0 Å². The smallest absolute Gasteiger partial charge is 0.208 e. The predicted molar refractivity (Wildman–Crippen MR) is 54.9 cm³/mol. The molecule has 1 heterocycles. The van der Waals surface area contributed by atoms with Gasteiger partial charge in [0, 0.05) is 6.04 Å². The molecule has 1 fully saturated rings. The second-order valence-corrected chi connectivity index (χ2v) is 4.36. The summed E-state index contributed by atoms with van der Waals surface area (Å²) in [5.41, 5.74) is 0. The van der Waals surface area contributed by atoms with Crippen molar-refractivity contribution in [2.24, 2.45) is 5.92 Å². The van der Waals surface area contributed by atoms with Gasteiger partial charge in [-0.1, -0.05) is 6.92 Å². The van der Waals surface area contributed by atoms with Gasteiger partial charge in [-0.25, -0.2) is 4.98 Å². The van der Waals surface area contributed by atoms with Crippen LogP contribution in [0, 0.1) is 12.8 Å². The van der Waals surface area contributed by atoms with Gasteiger partial charge >= 0.3 is 0 Å². The van der Waals surface area contributed by atoms with E-state index in [2.05, 4.69) is 17.2 Å². The van der Waals surface area contributed by atoms with Gasteiger partial charge in [-0.15, -0.1) is 0 Å². The molecule has 1 aromatic rings. The fourth-order valence-corrected chi connectivity index (χ4v) is 2.11. The third kappa shape index (κ3) is 2.35. The van der Waals surface area contributed by atoms with Gasteiger partial charge in [-0.2, -0.15) is 0 Å². The van der Waals surface area contributed by atoms with Crippen molar-refractivity contribution >= 4 is 0 Å². The van der Waals surface area contributed by atoms with E-state index in [1.807, 2.05) is 6.92 Å². The van der Waals surface area contributed by atoms with E-state index in [9.17, 15) is 0 Å². The van der Waals surface area contributed by atoms with Crippen LogP contribution < -0.4 is 5.32 Å². The van der Waals surface area contributed by atoms with Gasteiger partial charge in [0.25, 0.3) is 0 Å². The highest BCUT2D eigenvalue weighted by molar-refractivity contribution is 4.91. The summed E-state index contributed by atoms with van der Waals surface area (Å²) in [6, 6.07) is 0.664. The Labute approximate surface area is 84.9 Å². The summed E-state index contributed by atoms with van der Waals surface area (Å²) in [6.07, 6.45) is 5.71. The summed E-state index contributed by atoms with van der Waals surface area (Å²) in [5, 5.41) is 3.49. The first-order valence-electron chi connectivity index (χ1n) is 5.38. The van der Waals surface area contributed by atoms with Crippen molar-refractivity contribution in [1.29, 1.82) is 0 Å². The van der Waals surface area contributed by atoms with Crippen LogP contribution in [0.2, 0.25) is 0 Å². The highest BCUT2D eigenvalue weighted by Gasteiger charge is 2.20. The SMILES string of the molecule is Cc1cnc(CNC2CCC(C)C2)o1. The van der Waals surface area contributed by atoms with Gasteiger partial charge < -0.3 is 9.73 Å². The van der Waals surface area contributed by atoms with Gasteiger partial charge in [0.15, 0.2) is 0 Å². The lowest BCUT2D eigenvalue weighted by molar-refractivity contribution is 0.417. The zero-order valence-electron chi connectivity index (χ0n) is 8.92. The number of hydrogen-bond donors (Lipinski definition) is 1. The predicted octanol–water partition coefficient (Wildman–Crippen LogP) is 2.26. The van der Waals surface area contributed by atoms with E-state index < -0.39 is 0 Å². The molecule has 0 aliphatic heterocycles. The molecule has 78 valence electrons. The van der Waals surface area contributed by atoms with E-state index >= 15 is 0 Å². The molecule has 1 aromatic heterocycles. The molecule has 1 aliphatic rings. The van der Waals surface area contributed by atoms with Gasteiger partial charge in [0.2, 0.25) is 5.89 Å². The van der Waals surface area contributed by atoms with Crippen LogP contribution in [0.15, 0.2) is 10.6 Å². The number of aryl methyl sites for hydroxylation is 1. The van der Waals surface area contributed by atoms with E-state index in [0.29, 0.717) is 6.04 Å². The zero-order chi connectivity index (χ0) is 9.97. The lowest BCUT2D eigenvalue weighted by atomic mass is 10.1. The number of hydrogen-bond acceptors (Lipinski definition) is 3. The van der Waals surface area contributed by atoms with Crippen molar-refractivity contribution in [3.05, 3.63) is 17.8 Å². The Morgan fingerprint density at radius 3 is 3.00 bits per heavy atom. The standard InChI is InChI=1S/C11H18N2O/c1-8-3-4-10(5-8)12-7-11-13-6-9(2)14-11/h6,8,10,12H,3-5,7H2,1-2H3. The molecule has 0 bridgehead atoms. The summed E-state index contributed by atoms with van der Waals surface area (Å²) in [4.78, 5) is 4.17. The van der Waals surface area contributed by atoms with Crippen LogP contribution in [0.1, 0.15) is 37.8 Å². The second-order valence-electron chi connectivity index (χ2n) is 4.36. The van der Waals surface area contributed by atoms with E-state index in [1.165, 1.54) is 19.3 Å². The van der Waals surface area contributed by atoms with Crippen LogP contribution in [0.3, 0.4) is 0 Å². The van der Waals surface area contributed by atoms with E-state index in [1.54, 1.807) is 6.20 Å². The molecule has 3 nitrogen and oxygen atoms in total. The van der Waals surface area contributed by atoms with Crippen molar-refractivity contribution in [3.8, 4) is 0 Å². The van der Waals surface area contributed by atoms with Crippen molar-refractivity contribution in [3.63, 3.8) is 0 Å². The first kappa shape index (κ1) is 9.71. The Morgan fingerprint density at radius 1 is 1.57 bits per heavy atom. The highest BCUT2D eigenvalue weighted by Crippen LogP contribution is 2.24. The maximum absolute atomic E-state index is 5.40. The molecule has 0 radical (unpaired) electrons. The molecule has 3 heteroatoms. The normalized spacial score (nSPS) is 27.0. The highest BCUT2D eigenvalue weighted by atomic mass is 16.4. The molecule has 0 spiro atoms. The Bertz CT molecular complexity index is 295. The number of aromatic nitrogens is 1. The molecule has 1 saturated carbocycles. The topological polar surface area (TPSA) is 38.1 Å². The zero-order valence-corrected chi connectivity index (χ0v) is 8.92. The summed E-state index contributed by atoms with van der Waals surface area (Å²) >= 11 is 0. The van der Waals surface area contributed by atoms with E-state index in [0.717, 1.165) is 24.1 Å². The van der Waals surface area contributed by atoms with Gasteiger partial charge in [-0.3, -0.25) is 0 Å². The first-order chi connectivity index (χ1) is 6.74. The monoisotopic (exact) mass is 194 g/mol. The maximum Gasteiger partial charge on any atom is 0.208 e. The Balaban J connectivity index is 1.77. The molecule has 1 N–H and O–H groups in total. The molecule has 2 unspecified atom stereocenters. The maximum atomic E-state index is 5.40. The van der Waals surface area contributed by atoms with Gasteiger partial charge in [0.05, 0.1) is 12.7 Å². The number of nitrogens with one attached hydrogen (secondary N) is 1. The number of oxazole rings is 1. The summed E-state index contributed by atoms with van der Waals surface area (Å²) in [5.74, 6) is 2.57. The van der Waals surface area contributed by atoms with E-state index in [4.69, 9.17) is 4.42 Å². The van der Waals surface area contributed by atoms with Crippen molar-refractivity contribution in [2.45, 2.75) is 45.7 Å². The summed E-state index contributed by atoms with van der Waals surface area (Å²) in [6.45, 7) is 5.01. The van der Waals surface area contributed by atoms with Crippen molar-refractivity contribution in [2.75, 3.05) is 0 Å². The lowest BCUT2D eigenvalue weighted by Gasteiger charge is -2.09. The summed E-state index contributed by atoms with van der Waals surface area (Å²) in [7, 11) is 0. The third-order valence-electron chi connectivity index (χ3n) is 2.91. The molecule has 0 amide bonds. The fourth-order valence-electron chi connectivity index (χ4n) is 2.11. The quantitative estimate of drug-likeness (QED) is 0.802. The minimum atomic E-state index is 0.664. The van der Waals surface area contributed by atoms with Crippen LogP contribution in [0.25, 0.3) is 0 Å². The average molecular weight is 194 g/mol. The number of nitrogens with zero attached hydrogens (tertiary/aromatic N) is 1. The third-order valence-corrected chi connectivity index (χ3v) is 2.91. The van der Waals surface area contributed by atoms with Crippen LogP contribution in [0.4, 0.5) is 0 Å². The summed E-state index contributed by atoms with van der Waals surface area (Å²) < 4.78 is 5.40. The molecule has 2 atom stereocenters. The van der Waals surface area contributed by atoms with Crippen LogP contribution >= 0.6 is 0 Å². The average Bonchev–Trinajstić information content (AvgIpc) is 2.72. The van der Waals surface area contributed by atoms with Crippen LogP contribution in [-0.2, 0) is 6.54 Å². The largest absolute Gasteiger partial charge is 0.445 e. The van der Waals surface area contributed by atoms with Gasteiger partial charge in [-0.05, 0) is 32.1 Å². The van der Waals surface area contributed by atoms with Crippen molar-refractivity contribution in [1.82, 2.24) is 10.3 Å². The van der Waals surface area contributed by atoms with Crippen molar-refractivity contribution < 1.29 is 4.42 Å². The molecule has 0 saturated heterocycles. The minimum Gasteiger partial charge on any atom is -0.445 e. The second kappa shape index (κ2) is 4.13. The fraction of sp³-hybridized carbons (Fsp3) is 0.727. The molecule has 2 rings (SSSR count). The molecule has 0 aromatic carbocycles. The Kier molecular flexibility index (Phi) is 2.87. The molecule has 1 aliphatic carbocycles. The molecule has 14 heavy (non-hydrogen) atoms. The Hall–Kier alpha value is -0.830. The van der Waals surface area contributed by atoms with Gasteiger partial charge in [0.1, 0.15) is 5.76 Å². The van der Waals surface area contributed by atoms with Crippen LogP contribution in [0.5, 0.6) is 0 Å². The number of rotatable bonds is 3. The lowest BCUT2D eigenvalue weighted by Crippen LogP contribution is -2.25. The minimum absolute atomic E-state index is 0.664.